The maximum atomic E-state index is 13.6. The highest BCUT2D eigenvalue weighted by Crippen LogP contribution is 2.61. The Morgan fingerprint density at radius 2 is 1.52 bits per heavy atom. The van der Waals surface area contributed by atoms with Gasteiger partial charge in [-0.1, -0.05) is 67.9 Å². The van der Waals surface area contributed by atoms with E-state index in [0.717, 1.165) is 18.4 Å². The van der Waals surface area contributed by atoms with Gasteiger partial charge in [0, 0.05) is 0 Å². The lowest BCUT2D eigenvalue weighted by molar-refractivity contribution is 0.199. The molecule has 0 aliphatic carbocycles. The highest BCUT2D eigenvalue weighted by Gasteiger charge is 2.37. The number of nitrogens with one attached hydrogen (secondary N) is 1. The highest BCUT2D eigenvalue weighted by atomic mass is 35.5. The van der Waals surface area contributed by atoms with Crippen LogP contribution < -0.4 is 5.32 Å². The maximum Gasteiger partial charge on any atom is 0.357 e. The zero-order chi connectivity index (χ0) is 18.1. The van der Waals surface area contributed by atoms with Gasteiger partial charge in [-0.15, -0.1) is 0 Å². The van der Waals surface area contributed by atoms with Crippen LogP contribution in [0.25, 0.3) is 0 Å². The number of para-hydroxylation sites is 1. The van der Waals surface area contributed by atoms with E-state index < -0.39 is 13.4 Å². The standard InChI is InChI=1S/C19H25ClNO3P/c1-3-14-23-25(22,24-15-4-2)19(16-10-6-5-7-11-16)21-18-13-9-8-12-17(18)20/h5-13,19,21H,3-4,14-15H2,1-2H3. The van der Waals surface area contributed by atoms with Crippen LogP contribution in [0.1, 0.15) is 38.0 Å². The fourth-order valence-corrected chi connectivity index (χ4v) is 4.60. The minimum absolute atomic E-state index is 0.370. The van der Waals surface area contributed by atoms with E-state index in [0.29, 0.717) is 23.9 Å². The molecule has 0 aromatic heterocycles. The van der Waals surface area contributed by atoms with E-state index in [4.69, 9.17) is 20.6 Å². The summed E-state index contributed by atoms with van der Waals surface area (Å²) < 4.78 is 25.1. The SMILES string of the molecule is CCCOP(=O)(OCCC)C(Nc1ccccc1Cl)c1ccccc1. The van der Waals surface area contributed by atoms with Crippen LogP contribution in [0, 0.1) is 0 Å². The molecule has 4 nitrogen and oxygen atoms in total. The van der Waals surface area contributed by atoms with Crippen LogP contribution in [0.5, 0.6) is 0 Å². The molecule has 0 saturated heterocycles. The second-order valence-electron chi connectivity index (χ2n) is 5.64. The molecule has 0 radical (unpaired) electrons. The molecule has 0 amide bonds. The van der Waals surface area contributed by atoms with Gasteiger partial charge in [0.15, 0.2) is 5.78 Å². The van der Waals surface area contributed by atoms with Crippen LogP contribution in [0.4, 0.5) is 5.69 Å². The summed E-state index contributed by atoms with van der Waals surface area (Å²) in [5, 5.41) is 3.83. The largest absolute Gasteiger partial charge is 0.367 e. The zero-order valence-electron chi connectivity index (χ0n) is 14.7. The Hall–Kier alpha value is -1.32. The van der Waals surface area contributed by atoms with Gasteiger partial charge < -0.3 is 14.4 Å². The predicted molar refractivity (Wildman–Crippen MR) is 104 cm³/mol. The highest BCUT2D eigenvalue weighted by molar-refractivity contribution is 7.54. The Kier molecular flexibility index (Phi) is 7.98. The van der Waals surface area contributed by atoms with Gasteiger partial charge in [-0.05, 0) is 30.5 Å². The maximum absolute atomic E-state index is 13.6. The van der Waals surface area contributed by atoms with Crippen LogP contribution in [-0.4, -0.2) is 13.2 Å². The first-order chi connectivity index (χ1) is 12.1. The smallest absolute Gasteiger partial charge is 0.357 e. The van der Waals surface area contributed by atoms with E-state index in [9.17, 15) is 4.57 Å². The Morgan fingerprint density at radius 3 is 2.08 bits per heavy atom. The molecule has 0 bridgehead atoms. The van der Waals surface area contributed by atoms with Gasteiger partial charge in [0.05, 0.1) is 23.9 Å². The Bertz CT molecular complexity index is 684. The van der Waals surface area contributed by atoms with Gasteiger partial charge in [-0.25, -0.2) is 0 Å². The van der Waals surface area contributed by atoms with Crippen LogP contribution in [0.3, 0.4) is 0 Å². The second kappa shape index (κ2) is 9.98. The van der Waals surface area contributed by atoms with E-state index in [2.05, 4.69) is 5.32 Å². The lowest BCUT2D eigenvalue weighted by Gasteiger charge is -2.29. The molecule has 1 atom stereocenters. The molecule has 0 fully saturated rings. The molecule has 0 aliphatic heterocycles. The fourth-order valence-electron chi connectivity index (χ4n) is 2.33. The lowest BCUT2D eigenvalue weighted by atomic mass is 10.2. The normalized spacial score (nSPS) is 12.8. The van der Waals surface area contributed by atoms with Gasteiger partial charge in [0.25, 0.3) is 0 Å². The topological polar surface area (TPSA) is 47.6 Å². The molecule has 2 aromatic carbocycles. The van der Waals surface area contributed by atoms with Crippen molar-refractivity contribution in [1.29, 1.82) is 0 Å². The van der Waals surface area contributed by atoms with E-state index >= 15 is 0 Å². The van der Waals surface area contributed by atoms with E-state index in [1.807, 2.05) is 62.4 Å². The summed E-state index contributed by atoms with van der Waals surface area (Å²) in [6, 6.07) is 16.9. The molecular formula is C19H25ClNO3P. The van der Waals surface area contributed by atoms with Crippen molar-refractivity contribution < 1.29 is 13.6 Å². The van der Waals surface area contributed by atoms with E-state index in [1.54, 1.807) is 6.07 Å². The number of halogens is 1. The predicted octanol–water partition coefficient (Wildman–Crippen LogP) is 6.50. The fraction of sp³-hybridized carbons (Fsp3) is 0.368. The molecule has 0 aliphatic rings. The summed E-state index contributed by atoms with van der Waals surface area (Å²) in [5.74, 6) is -0.633. The van der Waals surface area contributed by atoms with Crippen molar-refractivity contribution in [1.82, 2.24) is 0 Å². The van der Waals surface area contributed by atoms with Crippen LogP contribution in [0.2, 0.25) is 5.02 Å². The average Bonchev–Trinajstić information content (AvgIpc) is 2.65. The minimum Gasteiger partial charge on any atom is -0.367 e. The third kappa shape index (κ3) is 5.58. The van der Waals surface area contributed by atoms with Crippen molar-refractivity contribution in [3.63, 3.8) is 0 Å². The second-order valence-corrected chi connectivity index (χ2v) is 8.16. The first-order valence-corrected chi connectivity index (χ1v) is 10.5. The van der Waals surface area contributed by atoms with Crippen molar-refractivity contribution >= 4 is 24.9 Å². The van der Waals surface area contributed by atoms with Crippen molar-refractivity contribution in [3.05, 3.63) is 65.2 Å². The first-order valence-electron chi connectivity index (χ1n) is 8.55. The van der Waals surface area contributed by atoms with E-state index in [-0.39, 0.29) is 0 Å². The van der Waals surface area contributed by atoms with Crippen LogP contribution >= 0.6 is 19.2 Å². The van der Waals surface area contributed by atoms with Gasteiger partial charge in [0.2, 0.25) is 0 Å². The third-order valence-corrected chi connectivity index (χ3v) is 6.02. The molecule has 0 spiro atoms. The summed E-state index contributed by atoms with van der Waals surface area (Å²) >= 11 is 6.28. The quantitative estimate of drug-likeness (QED) is 0.477. The molecule has 2 aromatic rings. The van der Waals surface area contributed by atoms with Crippen molar-refractivity contribution in [2.75, 3.05) is 18.5 Å². The molecule has 0 heterocycles. The first kappa shape index (κ1) is 20.0. The molecule has 1 unspecified atom stereocenters. The third-order valence-electron chi connectivity index (χ3n) is 3.55. The number of benzene rings is 2. The van der Waals surface area contributed by atoms with Gasteiger partial charge in [-0.3, -0.25) is 4.57 Å². The summed E-state index contributed by atoms with van der Waals surface area (Å²) in [6.07, 6.45) is 1.51. The Balaban J connectivity index is 2.41. The summed E-state index contributed by atoms with van der Waals surface area (Å²) in [5.41, 5.74) is 1.52. The molecule has 136 valence electrons. The van der Waals surface area contributed by atoms with Crippen molar-refractivity contribution in [2.24, 2.45) is 0 Å². The molecule has 0 saturated carbocycles. The summed E-state index contributed by atoms with van der Waals surface area (Å²) in [6.45, 7) is 4.69. The van der Waals surface area contributed by atoms with Crippen LogP contribution in [-0.2, 0) is 13.6 Å². The van der Waals surface area contributed by atoms with Gasteiger partial charge in [-0.2, -0.15) is 0 Å². The number of anilines is 1. The number of rotatable bonds is 10. The van der Waals surface area contributed by atoms with Gasteiger partial charge >= 0.3 is 7.60 Å². The van der Waals surface area contributed by atoms with Crippen molar-refractivity contribution in [3.8, 4) is 0 Å². The molecule has 1 N–H and O–H groups in total. The molecule has 6 heteroatoms. The summed E-state index contributed by atoms with van der Waals surface area (Å²) in [4.78, 5) is 0. The van der Waals surface area contributed by atoms with Crippen LogP contribution in [0.15, 0.2) is 54.6 Å². The Labute approximate surface area is 155 Å². The molecule has 25 heavy (non-hydrogen) atoms. The monoisotopic (exact) mass is 381 g/mol. The average molecular weight is 382 g/mol. The van der Waals surface area contributed by atoms with Crippen molar-refractivity contribution in [2.45, 2.75) is 32.5 Å². The molecular weight excluding hydrogens is 357 g/mol. The Morgan fingerprint density at radius 1 is 0.960 bits per heavy atom. The molecule has 2 rings (SSSR count). The van der Waals surface area contributed by atoms with E-state index in [1.165, 1.54) is 0 Å². The van der Waals surface area contributed by atoms with Gasteiger partial charge in [0.1, 0.15) is 0 Å². The number of hydrogen-bond acceptors (Lipinski definition) is 4. The zero-order valence-corrected chi connectivity index (χ0v) is 16.3. The lowest BCUT2D eigenvalue weighted by Crippen LogP contribution is -2.16. The summed E-state index contributed by atoms with van der Waals surface area (Å²) in [7, 11) is -3.44. The number of hydrogen-bond donors (Lipinski definition) is 1. The minimum atomic E-state index is -3.44.